The van der Waals surface area contributed by atoms with Gasteiger partial charge < -0.3 is 645 Å². The van der Waals surface area contributed by atoms with Crippen molar-refractivity contribution in [3.8, 4) is 0 Å². The standard InChI is InChI=1S/4C18H15P.52ClH.2Pd/c4*1-4-10-16(11-5-1)19(17-12-6-2-7-13-17)18-14-8-3-9-15-18;;;;;;;;;;;;;;;;;;;;;;;;;;;;;;;;;;;;;;;;;;;;;;;;;;;;;;/h4*1-15H;52*1H;;/q;;;;;;;;;;;;;;;;;;;;;;;;;;;;;;;;;;;;;;;;;;;;;;;;;;;;;;;;2*+2/p-52. The summed E-state index contributed by atoms with van der Waals surface area (Å²) in [6.07, 6.45) is 0. The predicted octanol–water partition coefficient (Wildman–Crippen LogP) is -142. The van der Waals surface area contributed by atoms with Gasteiger partial charge in [-0.3, -0.25) is 0 Å². The molecule has 0 heterocycles. The second kappa shape index (κ2) is 189. The van der Waals surface area contributed by atoms with Gasteiger partial charge in [-0.15, -0.1) is 0 Å². The van der Waals surface area contributed by atoms with Crippen LogP contribution < -0.4 is 709 Å². The van der Waals surface area contributed by atoms with E-state index in [2.05, 4.69) is 364 Å². The van der Waals surface area contributed by atoms with Crippen LogP contribution in [0.15, 0.2) is 364 Å². The van der Waals surface area contributed by atoms with Crippen LogP contribution in [0.2, 0.25) is 0 Å². The molecule has 0 aliphatic heterocycles. The smallest absolute Gasteiger partial charge is 1.00 e. The molecule has 12 aromatic carbocycles. The van der Waals surface area contributed by atoms with Crippen LogP contribution in [-0.4, -0.2) is 0 Å². The van der Waals surface area contributed by atoms with E-state index in [0.29, 0.717) is 0 Å². The average molecular weight is 3110 g/mol. The van der Waals surface area contributed by atoms with E-state index >= 15 is 0 Å². The number of hydrogen-bond donors (Lipinski definition) is 0. The van der Waals surface area contributed by atoms with E-state index < -0.39 is 31.7 Å². The third kappa shape index (κ3) is 108. The molecule has 0 fully saturated rings. The molecule has 0 aliphatic carbocycles. The summed E-state index contributed by atoms with van der Waals surface area (Å²) in [6, 6.07) is 129. The van der Waals surface area contributed by atoms with E-state index in [-0.39, 0.29) is 686 Å². The summed E-state index contributed by atoms with van der Waals surface area (Å²) in [5, 5.41) is 16.8. The van der Waals surface area contributed by atoms with Crippen molar-refractivity contribution in [3.63, 3.8) is 0 Å². The molecule has 0 unspecified atom stereocenters. The molecule has 12 rings (SSSR count). The predicted molar refractivity (Wildman–Crippen MR) is 341 cm³/mol. The SMILES string of the molecule is [Cl-].[Cl-].[Cl-].[Cl-].[Cl-].[Cl-].[Cl-].[Cl-].[Cl-].[Cl-].[Cl-].[Cl-].[Cl-].[Cl-].[Cl-].[Cl-].[Cl-].[Cl-].[Cl-].[Cl-].[Cl-].[Cl-].[Cl-].[Cl-].[Cl-].[Cl-].[Cl-].[Cl-].[Cl-].[Cl-].[Cl-].[Cl-].[Cl-].[Cl-].[Cl-].[Cl-].[Cl-].[Cl-].[Cl-].[Cl-].[Cl-].[Cl-].[Cl-].[Cl-].[Cl-].[Cl-].[Cl-].[Cl-].[Cl-].[Cl-].[Cl-].[Cl-].[Pd+2].[Pd+2].c1ccc(P(c2ccccc2)c2ccccc2)cc1.c1ccc(P(c2ccccc2)c2ccccc2)cc1.c1ccc(P(c2ccccc2)c2ccccc2)cc1.c1ccc(P(c2ccccc2)c2ccccc2)cc1. The van der Waals surface area contributed by atoms with Gasteiger partial charge in [-0.25, -0.2) is 0 Å². The maximum Gasteiger partial charge on any atom is 2.00 e. The van der Waals surface area contributed by atoms with Gasteiger partial charge >= 0.3 is 40.8 Å². The van der Waals surface area contributed by atoms with Gasteiger partial charge in [-0.1, -0.05) is 364 Å². The molecule has 0 N–H and O–H groups in total. The molecule has 0 nitrogen and oxygen atoms in total. The second-order valence-corrected chi connectivity index (χ2v) is 26.2. The third-order valence-electron chi connectivity index (χ3n) is 12.2. The van der Waals surface area contributed by atoms with Gasteiger partial charge in [0.1, 0.15) is 0 Å². The molecular formula is C72H60Cl52P4Pd2-48. The Kier molecular flexibility index (Phi) is 445. The summed E-state index contributed by atoms with van der Waals surface area (Å²) >= 11 is 0. The van der Waals surface area contributed by atoms with Crippen molar-refractivity contribution in [2.24, 2.45) is 0 Å². The Balaban J connectivity index is -0.0000000144. The van der Waals surface area contributed by atoms with E-state index in [1.54, 1.807) is 0 Å². The Morgan fingerprint density at radius 2 is 0.108 bits per heavy atom. The van der Waals surface area contributed by atoms with Crippen LogP contribution in [-0.2, 0) is 40.8 Å². The molecule has 0 aliphatic rings. The van der Waals surface area contributed by atoms with Crippen molar-refractivity contribution in [1.29, 1.82) is 0 Å². The molecule has 0 radical (unpaired) electrons. The first-order chi connectivity index (χ1) is 37.8. The Bertz CT molecular complexity index is 2710. The Morgan fingerprint density at radius 3 is 0.146 bits per heavy atom. The minimum Gasteiger partial charge on any atom is -1.00 e. The van der Waals surface area contributed by atoms with Crippen molar-refractivity contribution in [3.05, 3.63) is 364 Å². The topological polar surface area (TPSA) is 0 Å². The van der Waals surface area contributed by atoms with Crippen LogP contribution in [0.5, 0.6) is 0 Å². The first-order valence-corrected chi connectivity index (χ1v) is 31.0. The molecule has 0 saturated heterocycles. The molecule has 12 aromatic rings. The molecule has 0 aromatic heterocycles. The molecular weight excluding hydrogens is 3050 g/mol. The van der Waals surface area contributed by atoms with Gasteiger partial charge in [0.25, 0.3) is 0 Å². The molecule has 800 valence electrons. The number of rotatable bonds is 12. The zero-order chi connectivity index (χ0) is 51.7. The van der Waals surface area contributed by atoms with Crippen LogP contribution in [0, 0.1) is 0 Å². The molecule has 130 heavy (non-hydrogen) atoms. The monoisotopic (exact) mass is 3080 g/mol. The fraction of sp³-hybridized carbons (Fsp3) is 0. The van der Waals surface area contributed by atoms with Gasteiger partial charge in [-0.2, -0.15) is 0 Å². The first-order valence-electron chi connectivity index (χ1n) is 25.6. The van der Waals surface area contributed by atoms with Crippen molar-refractivity contribution in [2.75, 3.05) is 0 Å². The summed E-state index contributed by atoms with van der Waals surface area (Å²) in [5.41, 5.74) is 0. The zero-order valence-electron chi connectivity index (χ0n) is 62.7. The average Bonchev–Trinajstić information content (AvgIpc) is 0.844. The zero-order valence-corrected chi connectivity index (χ0v) is 109. The maximum absolute atomic E-state index is 2.23. The molecule has 58 heteroatoms. The Labute approximate surface area is 1130 Å². The molecule has 0 amide bonds. The third-order valence-corrected chi connectivity index (χ3v) is 21.9. The summed E-state index contributed by atoms with van der Waals surface area (Å²) in [5.74, 6) is 0. The normalized spacial score (nSPS) is 6.18. The molecule has 0 bridgehead atoms. The van der Waals surface area contributed by atoms with Crippen molar-refractivity contribution in [2.45, 2.75) is 0 Å². The van der Waals surface area contributed by atoms with Crippen LogP contribution in [0.25, 0.3) is 0 Å². The number of benzene rings is 12. The molecule has 0 spiro atoms. The Morgan fingerprint density at radius 1 is 0.0692 bits per heavy atom. The largest absolute Gasteiger partial charge is 2.00 e. The van der Waals surface area contributed by atoms with E-state index in [4.69, 9.17) is 0 Å². The molecule has 0 atom stereocenters. The Hall–Kier alpha value is 8.76. The fourth-order valence-corrected chi connectivity index (χ4v) is 17.9. The first kappa shape index (κ1) is 306. The summed E-state index contributed by atoms with van der Waals surface area (Å²) in [4.78, 5) is 0. The maximum atomic E-state index is 2.23. The summed E-state index contributed by atoms with van der Waals surface area (Å²) < 4.78 is 0. The van der Waals surface area contributed by atoms with Crippen LogP contribution in [0.3, 0.4) is 0 Å². The quantitative estimate of drug-likeness (QED) is 0.0845. The van der Waals surface area contributed by atoms with Gasteiger partial charge in [0, 0.05) is 0 Å². The van der Waals surface area contributed by atoms with Crippen molar-refractivity contribution in [1.82, 2.24) is 0 Å². The summed E-state index contributed by atoms with van der Waals surface area (Å²) in [7, 11) is -1.78. The van der Waals surface area contributed by atoms with Gasteiger partial charge in [0.15, 0.2) is 0 Å². The van der Waals surface area contributed by atoms with E-state index in [1.807, 2.05) is 0 Å². The van der Waals surface area contributed by atoms with Crippen molar-refractivity contribution >= 4 is 95.3 Å². The second-order valence-electron chi connectivity index (χ2n) is 17.4. The number of hydrogen-bond acceptors (Lipinski definition) is 0. The van der Waals surface area contributed by atoms with E-state index in [1.165, 1.54) is 63.7 Å². The van der Waals surface area contributed by atoms with E-state index in [0.717, 1.165) is 0 Å². The van der Waals surface area contributed by atoms with E-state index in [9.17, 15) is 0 Å². The minimum atomic E-state index is -0.446. The fourth-order valence-electron chi connectivity index (χ4n) is 8.71. The van der Waals surface area contributed by atoms with Gasteiger partial charge in [0.2, 0.25) is 0 Å². The number of halogens is 52. The molecule has 0 saturated carbocycles. The minimum absolute atomic E-state index is 0. The van der Waals surface area contributed by atoms with Crippen LogP contribution >= 0.6 is 31.7 Å². The van der Waals surface area contributed by atoms with Gasteiger partial charge in [-0.05, 0) is 95.3 Å². The summed E-state index contributed by atoms with van der Waals surface area (Å²) in [6.45, 7) is 0. The van der Waals surface area contributed by atoms with Crippen LogP contribution in [0.1, 0.15) is 0 Å². The van der Waals surface area contributed by atoms with Crippen LogP contribution in [0.4, 0.5) is 0 Å². The van der Waals surface area contributed by atoms with Gasteiger partial charge in [0.05, 0.1) is 0 Å². The van der Waals surface area contributed by atoms with Crippen molar-refractivity contribution < 1.29 is 686 Å².